The lowest BCUT2D eigenvalue weighted by Crippen LogP contribution is -2.34. The van der Waals surface area contributed by atoms with Gasteiger partial charge in [-0.2, -0.15) is 13.2 Å². The van der Waals surface area contributed by atoms with E-state index in [9.17, 15) is 22.8 Å². The van der Waals surface area contributed by atoms with E-state index < -0.39 is 29.2 Å². The number of pyridine rings is 1. The van der Waals surface area contributed by atoms with Crippen LogP contribution >= 0.6 is 0 Å². The fourth-order valence-electron chi connectivity index (χ4n) is 6.40. The maximum absolute atomic E-state index is 15.4. The predicted molar refractivity (Wildman–Crippen MR) is 188 cm³/mol. The van der Waals surface area contributed by atoms with Gasteiger partial charge in [-0.1, -0.05) is 13.0 Å². The van der Waals surface area contributed by atoms with Crippen molar-refractivity contribution in [3.05, 3.63) is 100 Å². The molecule has 0 spiro atoms. The SMILES string of the molecule is COc1cc2c(Oc3ccc(NC(=O)c4c(C)n(-c5cccc(C(F)(F)F)c5)c(=O)n4C)cc3F)ccnc2cc1OCCCN1CCC(C)CC1. The molecule has 0 aliphatic carbocycles. The van der Waals surface area contributed by atoms with Gasteiger partial charge in [-0.15, -0.1) is 0 Å². The summed E-state index contributed by atoms with van der Waals surface area (Å²) in [5.41, 5.74) is -1.11. The molecular formula is C38H39F4N5O5. The number of hydrogen-bond acceptors (Lipinski definition) is 7. The highest BCUT2D eigenvalue weighted by atomic mass is 19.4. The van der Waals surface area contributed by atoms with Crippen molar-refractivity contribution in [2.24, 2.45) is 13.0 Å². The number of likely N-dealkylation sites (tertiary alicyclic amines) is 1. The molecule has 52 heavy (non-hydrogen) atoms. The van der Waals surface area contributed by atoms with E-state index in [4.69, 9.17) is 14.2 Å². The number of anilines is 1. The van der Waals surface area contributed by atoms with Crippen molar-refractivity contribution in [2.45, 2.75) is 39.3 Å². The number of carbonyl (C=O) groups excluding carboxylic acids is 1. The highest BCUT2D eigenvalue weighted by molar-refractivity contribution is 6.04. The van der Waals surface area contributed by atoms with Crippen LogP contribution in [-0.2, 0) is 13.2 Å². The molecule has 0 unspecified atom stereocenters. The molecular weight excluding hydrogens is 682 g/mol. The van der Waals surface area contributed by atoms with Crippen molar-refractivity contribution in [3.63, 3.8) is 0 Å². The smallest absolute Gasteiger partial charge is 0.416 e. The van der Waals surface area contributed by atoms with E-state index in [0.29, 0.717) is 34.8 Å². The molecule has 14 heteroatoms. The Hall–Kier alpha value is -5.37. The molecule has 1 N–H and O–H groups in total. The fraction of sp³-hybridized carbons (Fsp3) is 0.342. The Labute approximate surface area is 297 Å². The first kappa shape index (κ1) is 36.4. The highest BCUT2D eigenvalue weighted by Crippen LogP contribution is 2.38. The number of amides is 1. The van der Waals surface area contributed by atoms with Crippen molar-refractivity contribution in [3.8, 4) is 28.7 Å². The first-order valence-corrected chi connectivity index (χ1v) is 16.9. The second kappa shape index (κ2) is 15.1. The predicted octanol–water partition coefficient (Wildman–Crippen LogP) is 7.74. The van der Waals surface area contributed by atoms with Crippen molar-refractivity contribution in [1.29, 1.82) is 0 Å². The summed E-state index contributed by atoms with van der Waals surface area (Å²) in [5.74, 6) is 0.425. The molecule has 1 amide bonds. The Balaban J connectivity index is 1.15. The summed E-state index contributed by atoms with van der Waals surface area (Å²) in [6.07, 6.45) is 0.219. The number of nitrogens with zero attached hydrogens (tertiary/aromatic N) is 4. The van der Waals surface area contributed by atoms with Gasteiger partial charge in [0.05, 0.1) is 36.2 Å². The van der Waals surface area contributed by atoms with Crippen LogP contribution in [0.4, 0.5) is 23.2 Å². The Morgan fingerprint density at radius 2 is 1.77 bits per heavy atom. The molecule has 1 saturated heterocycles. The zero-order valence-electron chi connectivity index (χ0n) is 29.2. The molecule has 0 atom stereocenters. The van der Waals surface area contributed by atoms with Crippen LogP contribution in [0.2, 0.25) is 0 Å². The van der Waals surface area contributed by atoms with Gasteiger partial charge < -0.3 is 24.4 Å². The number of carbonyl (C=O) groups is 1. The molecule has 3 heterocycles. The number of aromatic nitrogens is 3. The van der Waals surface area contributed by atoms with Crippen molar-refractivity contribution >= 4 is 22.5 Å². The zero-order valence-corrected chi connectivity index (χ0v) is 29.2. The Morgan fingerprint density at radius 3 is 2.48 bits per heavy atom. The molecule has 1 fully saturated rings. The lowest BCUT2D eigenvalue weighted by Gasteiger charge is -2.30. The molecule has 0 radical (unpaired) electrons. The molecule has 0 saturated carbocycles. The number of methoxy groups -OCH3 is 1. The van der Waals surface area contributed by atoms with Crippen molar-refractivity contribution < 1.29 is 36.6 Å². The first-order chi connectivity index (χ1) is 24.8. The zero-order chi connectivity index (χ0) is 37.2. The van der Waals surface area contributed by atoms with Gasteiger partial charge in [0.2, 0.25) is 0 Å². The van der Waals surface area contributed by atoms with Crippen LogP contribution in [0.15, 0.2) is 71.7 Å². The van der Waals surface area contributed by atoms with Gasteiger partial charge in [0.25, 0.3) is 5.91 Å². The molecule has 1 aliphatic heterocycles. The molecule has 10 nitrogen and oxygen atoms in total. The topological polar surface area (TPSA) is 99.9 Å². The minimum Gasteiger partial charge on any atom is -0.493 e. The van der Waals surface area contributed by atoms with Gasteiger partial charge in [0.1, 0.15) is 11.4 Å². The molecule has 6 rings (SSSR count). The van der Waals surface area contributed by atoms with Crippen LogP contribution in [0.3, 0.4) is 0 Å². The fourth-order valence-corrected chi connectivity index (χ4v) is 6.40. The highest BCUT2D eigenvalue weighted by Gasteiger charge is 2.31. The number of piperidine rings is 1. The number of alkyl halides is 3. The number of ether oxygens (including phenoxy) is 3. The van der Waals surface area contributed by atoms with Crippen molar-refractivity contribution in [1.82, 2.24) is 19.0 Å². The minimum atomic E-state index is -4.62. The van der Waals surface area contributed by atoms with E-state index >= 15 is 4.39 Å². The number of hydrogen-bond donors (Lipinski definition) is 1. The van der Waals surface area contributed by atoms with Crippen LogP contribution in [0.5, 0.6) is 23.0 Å². The Bertz CT molecular complexity index is 2150. The van der Waals surface area contributed by atoms with Gasteiger partial charge in [0, 0.05) is 43.0 Å². The first-order valence-electron chi connectivity index (χ1n) is 16.9. The maximum atomic E-state index is 15.4. The van der Waals surface area contributed by atoms with Gasteiger partial charge in [0.15, 0.2) is 23.1 Å². The number of nitrogens with one attached hydrogen (secondary N) is 1. The minimum absolute atomic E-state index is 0.0532. The average molecular weight is 722 g/mol. The number of halogens is 4. The summed E-state index contributed by atoms with van der Waals surface area (Å²) in [4.78, 5) is 33.3. The van der Waals surface area contributed by atoms with Crippen LogP contribution in [0.1, 0.15) is 47.9 Å². The van der Waals surface area contributed by atoms with Gasteiger partial charge in [-0.3, -0.25) is 18.9 Å². The summed E-state index contributed by atoms with van der Waals surface area (Å²) >= 11 is 0. The lowest BCUT2D eigenvalue weighted by atomic mass is 9.99. The number of imidazole rings is 1. The maximum Gasteiger partial charge on any atom is 0.416 e. The van der Waals surface area contributed by atoms with Crippen LogP contribution < -0.4 is 25.2 Å². The summed E-state index contributed by atoms with van der Waals surface area (Å²) in [7, 11) is 2.86. The number of benzene rings is 3. The second-order valence-electron chi connectivity index (χ2n) is 12.9. The normalized spacial score (nSPS) is 14.1. The van der Waals surface area contributed by atoms with Crippen LogP contribution in [0.25, 0.3) is 16.6 Å². The largest absolute Gasteiger partial charge is 0.493 e. The van der Waals surface area contributed by atoms with E-state index in [0.717, 1.165) is 59.3 Å². The summed E-state index contributed by atoms with van der Waals surface area (Å²) in [5, 5.41) is 3.12. The van der Waals surface area contributed by atoms with Crippen LogP contribution in [0, 0.1) is 18.7 Å². The molecule has 1 aliphatic rings. The average Bonchev–Trinajstić information content (AvgIpc) is 3.34. The molecule has 5 aromatic rings. The van der Waals surface area contributed by atoms with Gasteiger partial charge in [-0.05, 0) is 87.7 Å². The lowest BCUT2D eigenvalue weighted by molar-refractivity contribution is -0.137. The molecule has 3 aromatic carbocycles. The van der Waals surface area contributed by atoms with E-state index in [-0.39, 0.29) is 28.5 Å². The van der Waals surface area contributed by atoms with E-state index in [2.05, 4.69) is 22.1 Å². The molecule has 2 aromatic heterocycles. The molecule has 0 bridgehead atoms. The van der Waals surface area contributed by atoms with E-state index in [1.54, 1.807) is 18.2 Å². The standard InChI is InChI=1S/C38H39F4N5O5/c1-23-12-16-46(17-13-23)15-6-18-51-34-22-30-28(21-33(34)50-4)31(11-14-43-30)52-32-10-9-26(20-29(32)39)44-36(48)35-24(2)47(37(49)45(35)3)27-8-5-7-25(19-27)38(40,41)42/h5,7-11,14,19-23H,6,12-13,15-18H2,1-4H3,(H,44,48). The molecule has 274 valence electrons. The third-order valence-electron chi connectivity index (χ3n) is 9.29. The quantitative estimate of drug-likeness (QED) is 0.110. The Kier molecular flexibility index (Phi) is 10.6. The van der Waals surface area contributed by atoms with Gasteiger partial charge >= 0.3 is 11.9 Å². The third kappa shape index (κ3) is 7.76. The summed E-state index contributed by atoms with van der Waals surface area (Å²) in [6, 6.07) is 13.1. The number of rotatable bonds is 11. The second-order valence-corrected chi connectivity index (χ2v) is 12.9. The van der Waals surface area contributed by atoms with E-state index in [1.807, 2.05) is 0 Å². The van der Waals surface area contributed by atoms with Gasteiger partial charge in [-0.25, -0.2) is 9.18 Å². The van der Waals surface area contributed by atoms with E-state index in [1.165, 1.54) is 64.4 Å². The Morgan fingerprint density at radius 1 is 1.00 bits per heavy atom. The summed E-state index contributed by atoms with van der Waals surface area (Å²) < 4.78 is 75.1. The summed E-state index contributed by atoms with van der Waals surface area (Å²) in [6.45, 7) is 7.42. The monoisotopic (exact) mass is 721 g/mol. The number of fused-ring (bicyclic) bond motifs is 1. The van der Waals surface area contributed by atoms with Crippen molar-refractivity contribution in [2.75, 3.05) is 38.7 Å². The van der Waals surface area contributed by atoms with Crippen LogP contribution in [-0.4, -0.2) is 58.3 Å². The third-order valence-corrected chi connectivity index (χ3v) is 9.29.